The molecule has 1 rings (SSSR count). The normalized spacial score (nSPS) is 10.3. The summed E-state index contributed by atoms with van der Waals surface area (Å²) in [7, 11) is 1.18. The minimum atomic E-state index is -0.790. The average Bonchev–Trinajstić information content (AvgIpc) is 2.07. The Morgan fingerprint density at radius 1 is 1.17 bits per heavy atom. The molecule has 0 atom stereocenters. The fourth-order valence-corrected chi connectivity index (χ4v) is 2.56. The summed E-state index contributed by atoms with van der Waals surface area (Å²) >= 11 is 0. The van der Waals surface area contributed by atoms with Crippen LogP contribution in [-0.4, -0.2) is 16.0 Å². The van der Waals surface area contributed by atoms with Crippen LogP contribution >= 0.6 is 0 Å². The third-order valence-corrected chi connectivity index (χ3v) is 3.38. The third-order valence-electron chi connectivity index (χ3n) is 1.79. The van der Waals surface area contributed by atoms with Crippen LogP contribution in [0.5, 0.6) is 0 Å². The highest BCUT2D eigenvalue weighted by atomic mass is 28.3. The second-order valence-electron chi connectivity index (χ2n) is 3.02. The van der Waals surface area contributed by atoms with Gasteiger partial charge in [0.15, 0.2) is 8.96 Å². The van der Waals surface area contributed by atoms with Crippen LogP contribution in [0.2, 0.25) is 13.1 Å². The van der Waals surface area contributed by atoms with Crippen LogP contribution in [0.1, 0.15) is 0 Å². The van der Waals surface area contributed by atoms with Crippen molar-refractivity contribution in [2.24, 2.45) is 0 Å². The first-order chi connectivity index (χ1) is 5.75. The summed E-state index contributed by atoms with van der Waals surface area (Å²) in [6.07, 6.45) is 0. The maximum absolute atomic E-state index is 3.21. The Bertz CT molecular complexity index is 223. The lowest BCUT2D eigenvalue weighted by atomic mass is 10.3. The molecule has 0 fully saturated rings. The van der Waals surface area contributed by atoms with Crippen molar-refractivity contribution < 1.29 is 0 Å². The number of nitrogens with zero attached hydrogens (tertiary/aromatic N) is 1. The Hall–Kier alpha value is -0.803. The minimum absolute atomic E-state index is 0.790. The molecular formula is C9H16N2Si. The lowest BCUT2D eigenvalue weighted by Gasteiger charge is -2.27. The van der Waals surface area contributed by atoms with Crippen LogP contribution in [0.3, 0.4) is 0 Å². The highest BCUT2D eigenvalue weighted by molar-refractivity contribution is 6.60. The molecule has 1 N–H and O–H groups in total. The number of para-hydroxylation sites is 1. The standard InChI is InChI=1S/C9H16N2Si/c1-10-11(12(2)3)9-7-5-4-6-8-9/h4-8,10,12H,1-3H3. The highest BCUT2D eigenvalue weighted by Gasteiger charge is 2.07. The molecule has 0 saturated carbocycles. The van der Waals surface area contributed by atoms with Crippen LogP contribution in [-0.2, 0) is 0 Å². The van der Waals surface area contributed by atoms with Crippen molar-refractivity contribution in [3.05, 3.63) is 30.3 Å². The van der Waals surface area contributed by atoms with Crippen LogP contribution in [0.15, 0.2) is 30.3 Å². The first kappa shape index (κ1) is 9.29. The Balaban J connectivity index is 2.80. The van der Waals surface area contributed by atoms with E-state index in [1.165, 1.54) is 5.69 Å². The first-order valence-electron chi connectivity index (χ1n) is 4.27. The van der Waals surface area contributed by atoms with Gasteiger partial charge < -0.3 is 4.67 Å². The zero-order valence-corrected chi connectivity index (χ0v) is 9.07. The van der Waals surface area contributed by atoms with Gasteiger partial charge in [-0.1, -0.05) is 31.3 Å². The van der Waals surface area contributed by atoms with Gasteiger partial charge in [0.05, 0.1) is 0 Å². The van der Waals surface area contributed by atoms with E-state index in [4.69, 9.17) is 0 Å². The Morgan fingerprint density at radius 2 is 1.75 bits per heavy atom. The van der Waals surface area contributed by atoms with Crippen molar-refractivity contribution >= 4 is 14.6 Å². The summed E-state index contributed by atoms with van der Waals surface area (Å²) in [6.45, 7) is 4.59. The third kappa shape index (κ3) is 2.09. The number of rotatable bonds is 3. The van der Waals surface area contributed by atoms with E-state index in [0.29, 0.717) is 0 Å². The number of anilines is 1. The number of hydrazine groups is 1. The molecule has 66 valence electrons. The molecule has 0 aliphatic rings. The molecule has 3 heteroatoms. The SMILES string of the molecule is CNN(c1ccccc1)[SiH](C)C. The summed E-state index contributed by atoms with van der Waals surface area (Å²) in [5.41, 5.74) is 4.48. The van der Waals surface area contributed by atoms with E-state index in [2.05, 4.69) is 47.5 Å². The van der Waals surface area contributed by atoms with E-state index >= 15 is 0 Å². The van der Waals surface area contributed by atoms with E-state index in [-0.39, 0.29) is 0 Å². The molecule has 0 spiro atoms. The van der Waals surface area contributed by atoms with E-state index in [1.54, 1.807) is 0 Å². The summed E-state index contributed by atoms with van der Waals surface area (Å²) < 4.78 is 2.26. The van der Waals surface area contributed by atoms with Gasteiger partial charge in [0.1, 0.15) is 0 Å². The molecule has 0 amide bonds. The van der Waals surface area contributed by atoms with E-state index < -0.39 is 8.96 Å². The smallest absolute Gasteiger partial charge is 0.154 e. The molecule has 0 heterocycles. The van der Waals surface area contributed by atoms with Crippen molar-refractivity contribution in [3.63, 3.8) is 0 Å². The molecule has 2 nitrogen and oxygen atoms in total. The lowest BCUT2D eigenvalue weighted by molar-refractivity contribution is 0.871. The predicted molar refractivity (Wildman–Crippen MR) is 56.9 cm³/mol. The van der Waals surface area contributed by atoms with Crippen LogP contribution in [0.25, 0.3) is 0 Å². The summed E-state index contributed by atoms with van der Waals surface area (Å²) in [5.74, 6) is 0. The highest BCUT2D eigenvalue weighted by Crippen LogP contribution is 2.11. The summed E-state index contributed by atoms with van der Waals surface area (Å²) in [5, 5.41) is 0. The number of benzene rings is 1. The number of hydrogen-bond donors (Lipinski definition) is 1. The van der Waals surface area contributed by atoms with Crippen molar-refractivity contribution in [1.82, 2.24) is 5.43 Å². The molecule has 0 aliphatic carbocycles. The van der Waals surface area contributed by atoms with Crippen molar-refractivity contribution in [2.45, 2.75) is 13.1 Å². The maximum Gasteiger partial charge on any atom is 0.154 e. The van der Waals surface area contributed by atoms with Gasteiger partial charge in [0.25, 0.3) is 0 Å². The van der Waals surface area contributed by atoms with E-state index in [1.807, 2.05) is 13.1 Å². The van der Waals surface area contributed by atoms with Crippen LogP contribution in [0.4, 0.5) is 5.69 Å². The summed E-state index contributed by atoms with van der Waals surface area (Å²) in [6, 6.07) is 10.4. The van der Waals surface area contributed by atoms with E-state index in [0.717, 1.165) is 0 Å². The van der Waals surface area contributed by atoms with Gasteiger partial charge in [-0.3, -0.25) is 0 Å². The van der Waals surface area contributed by atoms with E-state index in [9.17, 15) is 0 Å². The van der Waals surface area contributed by atoms with Crippen molar-refractivity contribution in [2.75, 3.05) is 11.7 Å². The molecule has 0 bridgehead atoms. The fraction of sp³-hybridized carbons (Fsp3) is 0.333. The zero-order valence-electron chi connectivity index (χ0n) is 7.91. The molecular weight excluding hydrogens is 164 g/mol. The van der Waals surface area contributed by atoms with Gasteiger partial charge in [-0.05, 0) is 12.1 Å². The van der Waals surface area contributed by atoms with Gasteiger partial charge >= 0.3 is 0 Å². The Kier molecular flexibility index (Phi) is 3.31. The molecule has 0 unspecified atom stereocenters. The molecule has 0 aromatic heterocycles. The van der Waals surface area contributed by atoms with Gasteiger partial charge in [-0.15, -0.1) is 0 Å². The topological polar surface area (TPSA) is 15.3 Å². The fourth-order valence-electron chi connectivity index (χ4n) is 1.27. The second-order valence-corrected chi connectivity index (χ2v) is 5.73. The lowest BCUT2D eigenvalue weighted by Crippen LogP contribution is -2.43. The molecule has 1 aromatic rings. The minimum Gasteiger partial charge on any atom is -0.340 e. The molecule has 12 heavy (non-hydrogen) atoms. The monoisotopic (exact) mass is 180 g/mol. The largest absolute Gasteiger partial charge is 0.340 e. The Labute approximate surface area is 75.9 Å². The average molecular weight is 180 g/mol. The van der Waals surface area contributed by atoms with Crippen LogP contribution < -0.4 is 10.1 Å². The number of nitrogens with one attached hydrogen (secondary N) is 1. The van der Waals surface area contributed by atoms with Crippen molar-refractivity contribution in [1.29, 1.82) is 0 Å². The molecule has 0 saturated heterocycles. The molecule has 1 aromatic carbocycles. The summed E-state index contributed by atoms with van der Waals surface area (Å²) in [4.78, 5) is 0. The first-order valence-corrected chi connectivity index (χ1v) is 7.10. The quantitative estimate of drug-likeness (QED) is 0.561. The maximum atomic E-state index is 3.21. The Morgan fingerprint density at radius 3 is 2.17 bits per heavy atom. The molecule has 0 aliphatic heterocycles. The second kappa shape index (κ2) is 4.28. The molecule has 0 radical (unpaired) electrons. The predicted octanol–water partition coefficient (Wildman–Crippen LogP) is 1.61. The van der Waals surface area contributed by atoms with Crippen molar-refractivity contribution in [3.8, 4) is 0 Å². The van der Waals surface area contributed by atoms with Gasteiger partial charge in [0.2, 0.25) is 0 Å². The van der Waals surface area contributed by atoms with Gasteiger partial charge in [0, 0.05) is 12.7 Å². The zero-order chi connectivity index (χ0) is 8.97. The van der Waals surface area contributed by atoms with Gasteiger partial charge in [-0.25, -0.2) is 5.43 Å². The number of hydrogen-bond acceptors (Lipinski definition) is 2. The van der Waals surface area contributed by atoms with Gasteiger partial charge in [-0.2, -0.15) is 0 Å². The van der Waals surface area contributed by atoms with Crippen LogP contribution in [0, 0.1) is 0 Å².